The first-order chi connectivity index (χ1) is 8.03. The molecule has 0 atom stereocenters. The van der Waals surface area contributed by atoms with Crippen molar-refractivity contribution in [3.8, 4) is 0 Å². The Morgan fingerprint density at radius 2 is 1.94 bits per heavy atom. The maximum Gasteiger partial charge on any atom is 0.307 e. The van der Waals surface area contributed by atoms with Gasteiger partial charge in [0.2, 0.25) is 0 Å². The van der Waals surface area contributed by atoms with Crippen molar-refractivity contribution in [3.63, 3.8) is 0 Å². The van der Waals surface area contributed by atoms with E-state index in [1.807, 2.05) is 25.1 Å². The quantitative estimate of drug-likeness (QED) is 0.723. The van der Waals surface area contributed by atoms with E-state index in [0.29, 0.717) is 13.0 Å². The van der Waals surface area contributed by atoms with E-state index in [2.05, 4.69) is 26.0 Å². The van der Waals surface area contributed by atoms with Crippen molar-refractivity contribution in [1.82, 2.24) is 0 Å². The molecular weight excluding hydrogens is 232 g/mol. The van der Waals surface area contributed by atoms with Crippen LogP contribution in [-0.2, 0) is 15.3 Å². The molecule has 0 fully saturated rings. The highest BCUT2D eigenvalue weighted by Crippen LogP contribution is 2.31. The van der Waals surface area contributed by atoms with Crippen LogP contribution in [0.25, 0.3) is 0 Å². The molecule has 0 radical (unpaired) electrons. The minimum Gasteiger partial charge on any atom is -0.466 e. The zero-order valence-corrected chi connectivity index (χ0v) is 11.5. The van der Waals surface area contributed by atoms with Gasteiger partial charge >= 0.3 is 5.97 Å². The van der Waals surface area contributed by atoms with Gasteiger partial charge in [0.1, 0.15) is 0 Å². The summed E-state index contributed by atoms with van der Waals surface area (Å²) in [5.74, 6) is 0.811. The summed E-state index contributed by atoms with van der Waals surface area (Å²) in [4.78, 5) is 11.4. The van der Waals surface area contributed by atoms with E-state index < -0.39 is 0 Å². The molecule has 0 saturated carbocycles. The fourth-order valence-electron chi connectivity index (χ4n) is 1.46. The molecule has 0 aliphatic heterocycles. The highest BCUT2D eigenvalue weighted by atomic mass is 32.2. The Bertz CT molecular complexity index is 346. The van der Waals surface area contributed by atoms with Gasteiger partial charge in [-0.25, -0.2) is 0 Å². The lowest BCUT2D eigenvalue weighted by Gasteiger charge is -2.22. The third kappa shape index (κ3) is 5.78. The number of rotatable bonds is 6. The topological polar surface area (TPSA) is 26.3 Å². The van der Waals surface area contributed by atoms with Gasteiger partial charge in [0, 0.05) is 10.5 Å². The fourth-order valence-corrected chi connectivity index (χ4v) is 2.43. The van der Waals surface area contributed by atoms with Crippen molar-refractivity contribution < 1.29 is 9.53 Å². The predicted molar refractivity (Wildman–Crippen MR) is 73.1 cm³/mol. The zero-order valence-electron chi connectivity index (χ0n) is 10.7. The molecule has 0 amide bonds. The van der Waals surface area contributed by atoms with Crippen molar-refractivity contribution in [2.75, 3.05) is 6.61 Å². The summed E-state index contributed by atoms with van der Waals surface area (Å²) in [7, 11) is 0. The van der Waals surface area contributed by atoms with Crippen LogP contribution in [0, 0.1) is 0 Å². The Hall–Kier alpha value is -0.960. The van der Waals surface area contributed by atoms with Gasteiger partial charge in [0.15, 0.2) is 0 Å². The number of hydrogen-bond donors (Lipinski definition) is 0. The average Bonchev–Trinajstić information content (AvgIpc) is 2.27. The molecule has 1 aromatic rings. The average molecular weight is 252 g/mol. The number of hydrogen-bond acceptors (Lipinski definition) is 3. The largest absolute Gasteiger partial charge is 0.466 e. The predicted octanol–water partition coefficient (Wildman–Crippen LogP) is 3.65. The number of carbonyl (C=O) groups excluding carboxylic acids is 1. The first-order valence-electron chi connectivity index (χ1n) is 5.87. The van der Waals surface area contributed by atoms with E-state index in [1.165, 1.54) is 5.56 Å². The lowest BCUT2D eigenvalue weighted by molar-refractivity contribution is -0.143. The molecule has 17 heavy (non-hydrogen) atoms. The van der Waals surface area contributed by atoms with Crippen LogP contribution in [0.4, 0.5) is 0 Å². The van der Waals surface area contributed by atoms with Crippen LogP contribution in [0.15, 0.2) is 30.3 Å². The molecule has 0 aliphatic rings. The fraction of sp³-hybridized carbons (Fsp3) is 0.500. The standard InChI is InChI=1S/C14H20O2S/c1-4-16-13(15)10-14(2,3)17-11-12-8-6-5-7-9-12/h5-9H,4,10-11H2,1-3H3. The van der Waals surface area contributed by atoms with Gasteiger partial charge in [-0.1, -0.05) is 44.2 Å². The number of benzene rings is 1. The van der Waals surface area contributed by atoms with Gasteiger partial charge in [-0.3, -0.25) is 4.79 Å². The summed E-state index contributed by atoms with van der Waals surface area (Å²) in [5, 5.41) is 0. The van der Waals surface area contributed by atoms with Gasteiger partial charge in [-0.2, -0.15) is 11.8 Å². The lowest BCUT2D eigenvalue weighted by Crippen LogP contribution is -2.22. The van der Waals surface area contributed by atoms with Gasteiger partial charge in [-0.15, -0.1) is 0 Å². The van der Waals surface area contributed by atoms with Gasteiger partial charge < -0.3 is 4.74 Å². The number of ether oxygens (including phenoxy) is 1. The van der Waals surface area contributed by atoms with Crippen molar-refractivity contribution in [2.45, 2.75) is 37.7 Å². The maximum atomic E-state index is 11.4. The van der Waals surface area contributed by atoms with Crippen molar-refractivity contribution in [3.05, 3.63) is 35.9 Å². The smallest absolute Gasteiger partial charge is 0.307 e. The molecule has 0 saturated heterocycles. The van der Waals surface area contributed by atoms with E-state index in [1.54, 1.807) is 11.8 Å². The van der Waals surface area contributed by atoms with E-state index >= 15 is 0 Å². The van der Waals surface area contributed by atoms with E-state index in [9.17, 15) is 4.79 Å². The minimum atomic E-state index is -0.113. The molecule has 94 valence electrons. The molecule has 0 spiro atoms. The second-order valence-electron chi connectivity index (χ2n) is 4.52. The molecule has 3 heteroatoms. The van der Waals surface area contributed by atoms with Crippen LogP contribution in [0.1, 0.15) is 32.8 Å². The Morgan fingerprint density at radius 3 is 2.53 bits per heavy atom. The summed E-state index contributed by atoms with van der Waals surface area (Å²) in [6.07, 6.45) is 0.457. The number of carbonyl (C=O) groups is 1. The SMILES string of the molecule is CCOC(=O)CC(C)(C)SCc1ccccc1. The van der Waals surface area contributed by atoms with Crippen molar-refractivity contribution >= 4 is 17.7 Å². The van der Waals surface area contributed by atoms with Crippen LogP contribution < -0.4 is 0 Å². The van der Waals surface area contributed by atoms with E-state index in [4.69, 9.17) is 4.74 Å². The van der Waals surface area contributed by atoms with Gasteiger partial charge in [0.25, 0.3) is 0 Å². The van der Waals surface area contributed by atoms with Crippen molar-refractivity contribution in [1.29, 1.82) is 0 Å². The highest BCUT2D eigenvalue weighted by Gasteiger charge is 2.23. The second-order valence-corrected chi connectivity index (χ2v) is 6.20. The normalized spacial score (nSPS) is 11.2. The van der Waals surface area contributed by atoms with Gasteiger partial charge in [-0.05, 0) is 12.5 Å². The monoisotopic (exact) mass is 252 g/mol. The second kappa shape index (κ2) is 6.70. The molecule has 0 unspecified atom stereocenters. The Morgan fingerprint density at radius 1 is 1.29 bits per heavy atom. The van der Waals surface area contributed by atoms with Crippen LogP contribution in [0.5, 0.6) is 0 Å². The summed E-state index contributed by atoms with van der Waals surface area (Å²) < 4.78 is 4.90. The third-order valence-electron chi connectivity index (χ3n) is 2.35. The van der Waals surface area contributed by atoms with Crippen LogP contribution in [0.2, 0.25) is 0 Å². The molecule has 1 rings (SSSR count). The number of thioether (sulfide) groups is 1. The van der Waals surface area contributed by atoms with E-state index in [0.717, 1.165) is 5.75 Å². The van der Waals surface area contributed by atoms with Crippen LogP contribution in [-0.4, -0.2) is 17.3 Å². The third-order valence-corrected chi connectivity index (χ3v) is 3.75. The molecule has 1 aromatic carbocycles. The first kappa shape index (κ1) is 14.1. The molecule has 2 nitrogen and oxygen atoms in total. The van der Waals surface area contributed by atoms with Crippen molar-refractivity contribution in [2.24, 2.45) is 0 Å². The zero-order chi connectivity index (χ0) is 12.7. The Kier molecular flexibility index (Phi) is 5.56. The highest BCUT2D eigenvalue weighted by molar-refractivity contribution is 7.99. The minimum absolute atomic E-state index is 0.0813. The lowest BCUT2D eigenvalue weighted by atomic mass is 10.1. The van der Waals surface area contributed by atoms with E-state index in [-0.39, 0.29) is 10.7 Å². The first-order valence-corrected chi connectivity index (χ1v) is 6.85. The Balaban J connectivity index is 2.41. The Labute approximate surface area is 108 Å². The molecule has 0 N–H and O–H groups in total. The summed E-state index contributed by atoms with van der Waals surface area (Å²) in [6.45, 7) is 6.45. The molecule has 0 heterocycles. The van der Waals surface area contributed by atoms with Crippen LogP contribution in [0.3, 0.4) is 0 Å². The van der Waals surface area contributed by atoms with Crippen LogP contribution >= 0.6 is 11.8 Å². The summed E-state index contributed by atoms with van der Waals surface area (Å²) in [6, 6.07) is 10.3. The molecule has 0 bridgehead atoms. The molecular formula is C14H20O2S. The maximum absolute atomic E-state index is 11.4. The van der Waals surface area contributed by atoms with Gasteiger partial charge in [0.05, 0.1) is 13.0 Å². The molecule has 0 aromatic heterocycles. The summed E-state index contributed by atoms with van der Waals surface area (Å²) >= 11 is 1.79. The summed E-state index contributed by atoms with van der Waals surface area (Å²) in [5.41, 5.74) is 1.29. The number of esters is 1. The molecule has 0 aliphatic carbocycles.